The average Bonchev–Trinajstić information content (AvgIpc) is 2.77. The van der Waals surface area contributed by atoms with E-state index in [9.17, 15) is 4.21 Å². The van der Waals surface area contributed by atoms with Gasteiger partial charge < -0.3 is 10.2 Å². The van der Waals surface area contributed by atoms with Crippen molar-refractivity contribution < 1.29 is 8.63 Å². The molecule has 0 fully saturated rings. The third kappa shape index (κ3) is 2.97. The molecule has 0 aliphatic carbocycles. The minimum atomic E-state index is -1.20. The molecule has 0 aliphatic rings. The van der Waals surface area contributed by atoms with Crippen LogP contribution in [0.5, 0.6) is 0 Å². The Morgan fingerprint density at radius 3 is 2.53 bits per heavy atom. The first-order valence-corrected chi connectivity index (χ1v) is 6.81. The van der Waals surface area contributed by atoms with Gasteiger partial charge in [-0.05, 0) is 24.3 Å². The molecule has 0 aliphatic heterocycles. The fourth-order valence-corrected chi connectivity index (χ4v) is 2.92. The summed E-state index contributed by atoms with van der Waals surface area (Å²) < 4.78 is 17.5. The summed E-state index contributed by atoms with van der Waals surface area (Å²) in [5.74, 6) is 1.66. The first-order valence-electron chi connectivity index (χ1n) is 5.11. The summed E-state index contributed by atoms with van der Waals surface area (Å²) in [6, 6.07) is 10.7. The van der Waals surface area contributed by atoms with Crippen molar-refractivity contribution in [1.29, 1.82) is 0 Å². The van der Waals surface area contributed by atoms with Gasteiger partial charge in [-0.1, -0.05) is 23.7 Å². The van der Waals surface area contributed by atoms with Gasteiger partial charge in [0.2, 0.25) is 0 Å². The molecule has 17 heavy (non-hydrogen) atoms. The number of hydrogen-bond donors (Lipinski definition) is 1. The normalized spacial score (nSPS) is 12.6. The maximum Gasteiger partial charge on any atom is 0.117 e. The topological polar surface area (TPSA) is 56.2 Å². The van der Waals surface area contributed by atoms with Crippen LogP contribution in [-0.4, -0.2) is 4.21 Å². The highest BCUT2D eigenvalue weighted by Crippen LogP contribution is 2.21. The molecule has 0 spiro atoms. The molecular weight excluding hydrogens is 258 g/mol. The van der Waals surface area contributed by atoms with E-state index in [0.29, 0.717) is 33.7 Å². The predicted molar refractivity (Wildman–Crippen MR) is 68.2 cm³/mol. The minimum absolute atomic E-state index is 0.309. The summed E-state index contributed by atoms with van der Waals surface area (Å²) in [6.45, 7) is 0.346. The molecule has 2 aromatic rings. The molecule has 0 amide bonds. The zero-order chi connectivity index (χ0) is 12.3. The summed E-state index contributed by atoms with van der Waals surface area (Å²) >= 11 is 5.97. The molecule has 2 N–H and O–H groups in total. The molecule has 0 saturated carbocycles. The van der Waals surface area contributed by atoms with E-state index in [1.807, 2.05) is 12.1 Å². The van der Waals surface area contributed by atoms with Gasteiger partial charge in [-0.25, -0.2) is 0 Å². The van der Waals surface area contributed by atoms with Crippen molar-refractivity contribution in [3.05, 3.63) is 52.9 Å². The van der Waals surface area contributed by atoms with Crippen LogP contribution in [0.1, 0.15) is 11.5 Å². The van der Waals surface area contributed by atoms with Crippen LogP contribution in [0, 0.1) is 0 Å². The van der Waals surface area contributed by atoms with Crippen LogP contribution in [0.2, 0.25) is 5.02 Å². The maximum absolute atomic E-state index is 12.1. The van der Waals surface area contributed by atoms with E-state index >= 15 is 0 Å². The molecule has 1 unspecified atom stereocenters. The van der Waals surface area contributed by atoms with E-state index < -0.39 is 10.8 Å². The fourth-order valence-electron chi connectivity index (χ4n) is 1.45. The van der Waals surface area contributed by atoms with Crippen molar-refractivity contribution in [2.24, 2.45) is 5.73 Å². The summed E-state index contributed by atoms with van der Waals surface area (Å²) in [5.41, 5.74) is 5.44. The van der Waals surface area contributed by atoms with Crippen LogP contribution in [0.25, 0.3) is 0 Å². The Morgan fingerprint density at radius 2 is 1.88 bits per heavy atom. The van der Waals surface area contributed by atoms with Gasteiger partial charge in [0.25, 0.3) is 0 Å². The molecule has 1 aromatic heterocycles. The predicted octanol–water partition coefficient (Wildman–Crippen LogP) is 2.70. The molecule has 2 rings (SSSR count). The fraction of sp³-hybridized carbons (Fsp3) is 0.167. The lowest BCUT2D eigenvalue weighted by Crippen LogP contribution is -1.96. The van der Waals surface area contributed by atoms with E-state index in [2.05, 4.69) is 0 Å². The lowest BCUT2D eigenvalue weighted by atomic mass is 10.4. The number of benzene rings is 1. The van der Waals surface area contributed by atoms with Gasteiger partial charge >= 0.3 is 0 Å². The van der Waals surface area contributed by atoms with Crippen molar-refractivity contribution in [2.45, 2.75) is 17.2 Å². The highest BCUT2D eigenvalue weighted by molar-refractivity contribution is 7.84. The Hall–Kier alpha value is -1.10. The van der Waals surface area contributed by atoms with Crippen LogP contribution in [0.15, 0.2) is 45.7 Å². The third-order valence-corrected chi connectivity index (χ3v) is 4.11. The minimum Gasteiger partial charge on any atom is -0.464 e. The first kappa shape index (κ1) is 12.4. The van der Waals surface area contributed by atoms with Gasteiger partial charge in [0, 0.05) is 0 Å². The van der Waals surface area contributed by atoms with Gasteiger partial charge in [0.05, 0.1) is 33.0 Å². The smallest absolute Gasteiger partial charge is 0.117 e. The van der Waals surface area contributed by atoms with E-state index in [1.165, 1.54) is 0 Å². The number of hydrogen-bond acceptors (Lipinski definition) is 3. The van der Waals surface area contributed by atoms with Gasteiger partial charge in [0.15, 0.2) is 0 Å². The number of rotatable bonds is 4. The Kier molecular flexibility index (Phi) is 3.99. The molecular formula is C12H12ClNO2S. The van der Waals surface area contributed by atoms with Gasteiger partial charge in [-0.2, -0.15) is 0 Å². The molecule has 1 heterocycles. The van der Waals surface area contributed by atoms with Crippen LogP contribution in [-0.2, 0) is 23.1 Å². The maximum atomic E-state index is 12.1. The van der Waals surface area contributed by atoms with Gasteiger partial charge in [0.1, 0.15) is 11.5 Å². The summed E-state index contributed by atoms with van der Waals surface area (Å²) in [5, 5.41) is 0.511. The first-order chi connectivity index (χ1) is 8.20. The Morgan fingerprint density at radius 1 is 1.18 bits per heavy atom. The molecule has 0 bridgehead atoms. The number of halogens is 1. The van der Waals surface area contributed by atoms with Gasteiger partial charge in [-0.15, -0.1) is 0 Å². The third-order valence-electron chi connectivity index (χ3n) is 2.27. The monoisotopic (exact) mass is 269 g/mol. The lowest BCUT2D eigenvalue weighted by molar-refractivity contribution is 0.481. The molecule has 0 saturated heterocycles. The van der Waals surface area contributed by atoms with Crippen LogP contribution < -0.4 is 5.73 Å². The highest BCUT2D eigenvalue weighted by atomic mass is 35.5. The van der Waals surface area contributed by atoms with E-state index in [0.717, 1.165) is 0 Å². The second kappa shape index (κ2) is 5.49. The Bertz CT molecular complexity index is 539. The molecule has 1 atom stereocenters. The number of furan rings is 1. The molecule has 1 aromatic carbocycles. The molecule has 5 heteroatoms. The van der Waals surface area contributed by atoms with E-state index in [4.69, 9.17) is 21.8 Å². The second-order valence-electron chi connectivity index (χ2n) is 3.49. The summed E-state index contributed by atoms with van der Waals surface area (Å²) in [6.07, 6.45) is 0. The van der Waals surface area contributed by atoms with Crippen molar-refractivity contribution in [2.75, 3.05) is 0 Å². The van der Waals surface area contributed by atoms with Crippen LogP contribution in [0.4, 0.5) is 0 Å². The summed E-state index contributed by atoms with van der Waals surface area (Å²) in [4.78, 5) is 0.625. The summed E-state index contributed by atoms with van der Waals surface area (Å²) in [7, 11) is -1.20. The van der Waals surface area contributed by atoms with Crippen LogP contribution >= 0.6 is 11.6 Å². The standard InChI is InChI=1S/C12H12ClNO2S/c13-11-3-1-2-4-12(11)17(15)8-10-6-5-9(7-14)16-10/h1-6H,7-8,14H2. The SMILES string of the molecule is NCc1ccc(CS(=O)c2ccccc2Cl)o1. The average molecular weight is 270 g/mol. The van der Waals surface area contributed by atoms with Crippen LogP contribution in [0.3, 0.4) is 0 Å². The molecule has 90 valence electrons. The Balaban J connectivity index is 2.14. The molecule has 3 nitrogen and oxygen atoms in total. The zero-order valence-electron chi connectivity index (χ0n) is 9.06. The molecule has 0 radical (unpaired) electrons. The van der Waals surface area contributed by atoms with Crippen molar-refractivity contribution in [3.8, 4) is 0 Å². The van der Waals surface area contributed by atoms with Crippen molar-refractivity contribution in [3.63, 3.8) is 0 Å². The zero-order valence-corrected chi connectivity index (χ0v) is 10.6. The van der Waals surface area contributed by atoms with Gasteiger partial charge in [-0.3, -0.25) is 4.21 Å². The van der Waals surface area contributed by atoms with Crippen molar-refractivity contribution >= 4 is 22.4 Å². The Labute approximate surface area is 107 Å². The van der Waals surface area contributed by atoms with Crippen molar-refractivity contribution in [1.82, 2.24) is 0 Å². The lowest BCUT2D eigenvalue weighted by Gasteiger charge is -2.02. The van der Waals surface area contributed by atoms with E-state index in [1.54, 1.807) is 24.3 Å². The van der Waals surface area contributed by atoms with E-state index in [-0.39, 0.29) is 0 Å². The second-order valence-corrected chi connectivity index (χ2v) is 5.32. The quantitative estimate of drug-likeness (QED) is 0.928. The highest BCUT2D eigenvalue weighted by Gasteiger charge is 2.11. The number of nitrogens with two attached hydrogens (primary N) is 1. The largest absolute Gasteiger partial charge is 0.464 e.